The minimum absolute atomic E-state index is 0.0778. The standard InChI is InChI=1S/C13H20ClFN2O3S/c1-4-20-9(2)7-17-21(18,19)11-5-10(8-16-3)13(14)12(15)6-11/h5-6,9,16-17H,4,7-8H2,1-3H3. The van der Waals surface area contributed by atoms with Crippen LogP contribution in [0.5, 0.6) is 0 Å². The van der Waals surface area contributed by atoms with Crippen LogP contribution in [-0.2, 0) is 21.3 Å². The van der Waals surface area contributed by atoms with Gasteiger partial charge in [0.05, 0.1) is 16.0 Å². The molecule has 8 heteroatoms. The summed E-state index contributed by atoms with van der Waals surface area (Å²) in [6.07, 6.45) is -0.265. The Morgan fingerprint density at radius 2 is 2.10 bits per heavy atom. The highest BCUT2D eigenvalue weighted by molar-refractivity contribution is 7.89. The first kappa shape index (κ1) is 18.3. The molecule has 0 spiro atoms. The third-order valence-corrected chi connectivity index (χ3v) is 4.59. The lowest BCUT2D eigenvalue weighted by Crippen LogP contribution is -2.32. The first-order chi connectivity index (χ1) is 9.81. The summed E-state index contributed by atoms with van der Waals surface area (Å²) < 4.78 is 45.7. The zero-order chi connectivity index (χ0) is 16.0. The van der Waals surface area contributed by atoms with Crippen LogP contribution in [0.3, 0.4) is 0 Å². The molecule has 21 heavy (non-hydrogen) atoms. The summed E-state index contributed by atoms with van der Waals surface area (Å²) in [5, 5.41) is 2.73. The molecule has 0 heterocycles. The summed E-state index contributed by atoms with van der Waals surface area (Å²) >= 11 is 5.81. The van der Waals surface area contributed by atoms with Crippen LogP contribution in [0.2, 0.25) is 5.02 Å². The van der Waals surface area contributed by atoms with Gasteiger partial charge < -0.3 is 10.1 Å². The summed E-state index contributed by atoms with van der Waals surface area (Å²) in [4.78, 5) is -0.154. The quantitative estimate of drug-likeness (QED) is 0.759. The number of halogens is 2. The van der Waals surface area contributed by atoms with Gasteiger partial charge >= 0.3 is 0 Å². The van der Waals surface area contributed by atoms with Crippen LogP contribution in [0.4, 0.5) is 4.39 Å². The third-order valence-electron chi connectivity index (χ3n) is 2.77. The van der Waals surface area contributed by atoms with Crippen molar-refractivity contribution < 1.29 is 17.5 Å². The molecule has 0 bridgehead atoms. The van der Waals surface area contributed by atoms with E-state index in [-0.39, 0.29) is 29.1 Å². The molecule has 0 aliphatic carbocycles. The van der Waals surface area contributed by atoms with Crippen LogP contribution in [0.1, 0.15) is 19.4 Å². The summed E-state index contributed by atoms with van der Waals surface area (Å²) in [6.45, 7) is 4.45. The van der Waals surface area contributed by atoms with Gasteiger partial charge in [-0.25, -0.2) is 17.5 Å². The Morgan fingerprint density at radius 1 is 1.43 bits per heavy atom. The molecular formula is C13H20ClFN2O3S. The fraction of sp³-hybridized carbons (Fsp3) is 0.538. The maximum Gasteiger partial charge on any atom is 0.240 e. The molecule has 0 aromatic heterocycles. The predicted octanol–water partition coefficient (Wildman–Crippen LogP) is 1.90. The lowest BCUT2D eigenvalue weighted by molar-refractivity contribution is 0.0799. The van der Waals surface area contributed by atoms with Gasteiger partial charge in [0.15, 0.2) is 0 Å². The number of rotatable bonds is 8. The van der Waals surface area contributed by atoms with Crippen LogP contribution >= 0.6 is 11.6 Å². The molecule has 0 aliphatic heterocycles. The van der Waals surface area contributed by atoms with E-state index in [1.165, 1.54) is 6.07 Å². The third kappa shape index (κ3) is 5.19. The second-order valence-electron chi connectivity index (χ2n) is 4.53. The zero-order valence-electron chi connectivity index (χ0n) is 12.2. The molecule has 1 rings (SSSR count). The zero-order valence-corrected chi connectivity index (χ0v) is 13.8. The topological polar surface area (TPSA) is 67.4 Å². The summed E-state index contributed by atoms with van der Waals surface area (Å²) in [5.74, 6) is -0.761. The number of sulfonamides is 1. The molecule has 0 amide bonds. The Kier molecular flexibility index (Phi) is 7.02. The van der Waals surface area contributed by atoms with Crippen molar-refractivity contribution >= 4 is 21.6 Å². The minimum atomic E-state index is -3.81. The first-order valence-electron chi connectivity index (χ1n) is 6.55. The average molecular weight is 339 g/mol. The predicted molar refractivity (Wildman–Crippen MR) is 80.5 cm³/mol. The lowest BCUT2D eigenvalue weighted by atomic mass is 10.2. The summed E-state index contributed by atoms with van der Waals surface area (Å²) in [7, 11) is -2.15. The number of nitrogens with one attached hydrogen (secondary N) is 2. The highest BCUT2D eigenvalue weighted by Gasteiger charge is 2.19. The molecule has 0 aliphatic rings. The largest absolute Gasteiger partial charge is 0.377 e. The van der Waals surface area contributed by atoms with Gasteiger partial charge in [-0.05, 0) is 38.6 Å². The van der Waals surface area contributed by atoms with E-state index in [9.17, 15) is 12.8 Å². The van der Waals surface area contributed by atoms with Gasteiger partial charge in [0, 0.05) is 19.7 Å². The van der Waals surface area contributed by atoms with Crippen LogP contribution in [-0.4, -0.2) is 34.7 Å². The molecule has 2 N–H and O–H groups in total. The van der Waals surface area contributed by atoms with Gasteiger partial charge in [-0.15, -0.1) is 0 Å². The minimum Gasteiger partial charge on any atom is -0.377 e. The second-order valence-corrected chi connectivity index (χ2v) is 6.67. The number of ether oxygens (including phenoxy) is 1. The molecule has 5 nitrogen and oxygen atoms in total. The molecule has 0 saturated heterocycles. The number of hydrogen-bond donors (Lipinski definition) is 2. The normalized spacial score (nSPS) is 13.4. The van der Waals surface area contributed by atoms with Crippen molar-refractivity contribution in [1.29, 1.82) is 0 Å². The van der Waals surface area contributed by atoms with Crippen LogP contribution in [0, 0.1) is 5.82 Å². The molecule has 0 radical (unpaired) electrons. The highest BCUT2D eigenvalue weighted by Crippen LogP contribution is 2.24. The van der Waals surface area contributed by atoms with Gasteiger partial charge in [-0.2, -0.15) is 0 Å². The Balaban J connectivity index is 2.97. The maximum atomic E-state index is 13.7. The van der Waals surface area contributed by atoms with Crippen molar-refractivity contribution in [3.8, 4) is 0 Å². The fourth-order valence-electron chi connectivity index (χ4n) is 1.75. The van der Waals surface area contributed by atoms with E-state index in [4.69, 9.17) is 16.3 Å². The molecule has 1 atom stereocenters. The van der Waals surface area contributed by atoms with Gasteiger partial charge in [-0.1, -0.05) is 11.6 Å². The second kappa shape index (κ2) is 8.05. The summed E-state index contributed by atoms with van der Waals surface area (Å²) in [6, 6.07) is 2.27. The molecular weight excluding hydrogens is 319 g/mol. The van der Waals surface area contributed by atoms with E-state index < -0.39 is 15.8 Å². The van der Waals surface area contributed by atoms with E-state index >= 15 is 0 Å². The van der Waals surface area contributed by atoms with Crippen molar-refractivity contribution in [2.24, 2.45) is 0 Å². The molecule has 0 saturated carbocycles. The van der Waals surface area contributed by atoms with E-state index in [0.29, 0.717) is 12.2 Å². The Hall–Kier alpha value is -0.730. The molecule has 1 aromatic carbocycles. The van der Waals surface area contributed by atoms with E-state index in [1.807, 2.05) is 6.92 Å². The Labute approximate surface area is 129 Å². The van der Waals surface area contributed by atoms with Gasteiger partial charge in [0.25, 0.3) is 0 Å². The van der Waals surface area contributed by atoms with Crippen molar-refractivity contribution in [3.05, 3.63) is 28.5 Å². The van der Waals surface area contributed by atoms with Crippen molar-refractivity contribution in [3.63, 3.8) is 0 Å². The SMILES string of the molecule is CCOC(C)CNS(=O)(=O)c1cc(F)c(Cl)c(CNC)c1. The van der Waals surface area contributed by atoms with Gasteiger partial charge in [0.1, 0.15) is 5.82 Å². The smallest absolute Gasteiger partial charge is 0.240 e. The van der Waals surface area contributed by atoms with Gasteiger partial charge in [-0.3, -0.25) is 0 Å². The van der Waals surface area contributed by atoms with Crippen molar-refractivity contribution in [2.45, 2.75) is 31.4 Å². The van der Waals surface area contributed by atoms with Gasteiger partial charge in [0.2, 0.25) is 10.0 Å². The van der Waals surface area contributed by atoms with Crippen molar-refractivity contribution in [2.75, 3.05) is 20.2 Å². The lowest BCUT2D eigenvalue weighted by Gasteiger charge is -2.14. The van der Waals surface area contributed by atoms with Crippen molar-refractivity contribution in [1.82, 2.24) is 10.0 Å². The Bertz CT molecular complexity index is 581. The number of benzene rings is 1. The highest BCUT2D eigenvalue weighted by atomic mass is 35.5. The number of hydrogen-bond acceptors (Lipinski definition) is 4. The van der Waals surface area contributed by atoms with Crippen LogP contribution < -0.4 is 10.0 Å². The maximum absolute atomic E-state index is 13.7. The fourth-order valence-corrected chi connectivity index (χ4v) is 3.10. The molecule has 0 fully saturated rings. The molecule has 1 unspecified atom stereocenters. The first-order valence-corrected chi connectivity index (χ1v) is 8.41. The molecule has 120 valence electrons. The monoisotopic (exact) mass is 338 g/mol. The van der Waals surface area contributed by atoms with Crippen LogP contribution in [0.15, 0.2) is 17.0 Å². The van der Waals surface area contributed by atoms with E-state index in [1.54, 1.807) is 14.0 Å². The summed E-state index contributed by atoms with van der Waals surface area (Å²) in [5.41, 5.74) is 0.386. The van der Waals surface area contributed by atoms with E-state index in [0.717, 1.165) is 6.07 Å². The van der Waals surface area contributed by atoms with Crippen LogP contribution in [0.25, 0.3) is 0 Å². The average Bonchev–Trinajstić information content (AvgIpc) is 2.42. The molecule has 1 aromatic rings. The Morgan fingerprint density at radius 3 is 2.67 bits per heavy atom. The van der Waals surface area contributed by atoms with E-state index in [2.05, 4.69) is 10.0 Å².